The van der Waals surface area contributed by atoms with Gasteiger partial charge in [-0.3, -0.25) is 0 Å². The number of halogens is 1. The van der Waals surface area contributed by atoms with Gasteiger partial charge in [-0.15, -0.1) is 0 Å². The van der Waals surface area contributed by atoms with E-state index in [0.29, 0.717) is 28.2 Å². The number of methoxy groups -OCH3 is 2. The SMILES string of the molecule is COc1ccc(-c2cc(N)nc(Nc3ccc(OC)c(Cl)c3)n2)cc1. The number of aromatic nitrogens is 2. The first-order valence-electron chi connectivity index (χ1n) is 7.48. The molecule has 0 unspecified atom stereocenters. The van der Waals surface area contributed by atoms with Crippen LogP contribution in [0.2, 0.25) is 5.02 Å². The Kier molecular flexibility index (Phi) is 4.90. The minimum atomic E-state index is 0.364. The highest BCUT2D eigenvalue weighted by atomic mass is 35.5. The second-order valence-electron chi connectivity index (χ2n) is 5.20. The molecule has 3 rings (SSSR count). The van der Waals surface area contributed by atoms with Gasteiger partial charge < -0.3 is 20.5 Å². The summed E-state index contributed by atoms with van der Waals surface area (Å²) in [5.41, 5.74) is 8.27. The van der Waals surface area contributed by atoms with Gasteiger partial charge in [0.25, 0.3) is 0 Å². The fourth-order valence-corrected chi connectivity index (χ4v) is 2.56. The van der Waals surface area contributed by atoms with E-state index in [1.165, 1.54) is 0 Å². The van der Waals surface area contributed by atoms with Crippen LogP contribution < -0.4 is 20.5 Å². The normalized spacial score (nSPS) is 10.4. The van der Waals surface area contributed by atoms with Crippen molar-refractivity contribution >= 4 is 29.1 Å². The van der Waals surface area contributed by atoms with Gasteiger partial charge in [0.15, 0.2) is 0 Å². The van der Waals surface area contributed by atoms with Gasteiger partial charge in [-0.25, -0.2) is 4.98 Å². The van der Waals surface area contributed by atoms with Crippen molar-refractivity contribution in [3.8, 4) is 22.8 Å². The van der Waals surface area contributed by atoms with Crippen LogP contribution in [0.4, 0.5) is 17.5 Å². The van der Waals surface area contributed by atoms with Crippen molar-refractivity contribution in [1.29, 1.82) is 0 Å². The lowest BCUT2D eigenvalue weighted by atomic mass is 10.1. The molecule has 0 fully saturated rings. The predicted molar refractivity (Wildman–Crippen MR) is 99.7 cm³/mol. The highest BCUT2D eigenvalue weighted by Gasteiger charge is 2.08. The molecule has 0 bridgehead atoms. The van der Waals surface area contributed by atoms with Gasteiger partial charge >= 0.3 is 0 Å². The van der Waals surface area contributed by atoms with Crippen molar-refractivity contribution in [2.24, 2.45) is 0 Å². The van der Waals surface area contributed by atoms with Crippen molar-refractivity contribution in [2.45, 2.75) is 0 Å². The van der Waals surface area contributed by atoms with Crippen LogP contribution in [0, 0.1) is 0 Å². The Balaban J connectivity index is 1.89. The fraction of sp³-hybridized carbons (Fsp3) is 0.111. The number of anilines is 3. The summed E-state index contributed by atoms with van der Waals surface area (Å²) < 4.78 is 10.3. The average Bonchev–Trinajstić information content (AvgIpc) is 2.61. The molecular formula is C18H17ClN4O2. The van der Waals surface area contributed by atoms with Crippen molar-refractivity contribution in [2.75, 3.05) is 25.3 Å². The number of hydrogen-bond acceptors (Lipinski definition) is 6. The summed E-state index contributed by atoms with van der Waals surface area (Å²) in [4.78, 5) is 8.73. The van der Waals surface area contributed by atoms with Crippen molar-refractivity contribution in [3.05, 3.63) is 53.6 Å². The number of hydrogen-bond donors (Lipinski definition) is 2. The summed E-state index contributed by atoms with van der Waals surface area (Å²) in [7, 11) is 3.19. The van der Waals surface area contributed by atoms with E-state index < -0.39 is 0 Å². The third kappa shape index (κ3) is 3.92. The van der Waals surface area contributed by atoms with Crippen molar-refractivity contribution in [1.82, 2.24) is 9.97 Å². The molecule has 1 heterocycles. The van der Waals surface area contributed by atoms with E-state index in [4.69, 9.17) is 26.8 Å². The first-order valence-corrected chi connectivity index (χ1v) is 7.86. The second kappa shape index (κ2) is 7.27. The fourth-order valence-electron chi connectivity index (χ4n) is 2.30. The molecule has 3 aromatic rings. The molecule has 2 aromatic carbocycles. The Morgan fingerprint density at radius 3 is 2.36 bits per heavy atom. The van der Waals surface area contributed by atoms with Gasteiger partial charge in [0.2, 0.25) is 5.95 Å². The van der Waals surface area contributed by atoms with Crippen molar-refractivity contribution < 1.29 is 9.47 Å². The van der Waals surface area contributed by atoms with E-state index in [9.17, 15) is 0 Å². The van der Waals surface area contributed by atoms with E-state index >= 15 is 0 Å². The smallest absolute Gasteiger partial charge is 0.229 e. The number of nitrogen functional groups attached to an aromatic ring is 1. The average molecular weight is 357 g/mol. The molecule has 128 valence electrons. The number of benzene rings is 2. The van der Waals surface area contributed by atoms with E-state index in [1.807, 2.05) is 30.3 Å². The third-order valence-corrected chi connectivity index (χ3v) is 3.84. The summed E-state index contributed by atoms with van der Waals surface area (Å²) in [6.45, 7) is 0. The molecule has 0 saturated heterocycles. The number of nitrogens with two attached hydrogens (primary N) is 1. The van der Waals surface area contributed by atoms with Crippen molar-refractivity contribution in [3.63, 3.8) is 0 Å². The molecule has 7 heteroatoms. The zero-order valence-electron chi connectivity index (χ0n) is 13.8. The Hall–Kier alpha value is -2.99. The van der Waals surface area contributed by atoms with Gasteiger partial charge in [-0.2, -0.15) is 4.98 Å². The lowest BCUT2D eigenvalue weighted by molar-refractivity contribution is 0.415. The first-order chi connectivity index (χ1) is 12.1. The molecule has 0 aliphatic heterocycles. The highest BCUT2D eigenvalue weighted by Crippen LogP contribution is 2.29. The monoisotopic (exact) mass is 356 g/mol. The highest BCUT2D eigenvalue weighted by molar-refractivity contribution is 6.32. The number of nitrogens with zero attached hydrogens (tertiary/aromatic N) is 2. The zero-order valence-corrected chi connectivity index (χ0v) is 14.5. The number of rotatable bonds is 5. The Labute approximate surface area is 150 Å². The van der Waals surface area contributed by atoms with Crippen LogP contribution in [0.15, 0.2) is 48.5 Å². The molecule has 0 radical (unpaired) electrons. The topological polar surface area (TPSA) is 82.3 Å². The maximum Gasteiger partial charge on any atom is 0.229 e. The number of ether oxygens (including phenoxy) is 2. The van der Waals surface area contributed by atoms with Crippen LogP contribution in [0.3, 0.4) is 0 Å². The Morgan fingerprint density at radius 2 is 1.72 bits per heavy atom. The van der Waals surface area contributed by atoms with Crippen LogP contribution in [0.1, 0.15) is 0 Å². The van der Waals surface area contributed by atoms with Crippen LogP contribution in [-0.4, -0.2) is 24.2 Å². The summed E-state index contributed by atoms with van der Waals surface area (Å²) in [6, 6.07) is 14.6. The van der Waals surface area contributed by atoms with E-state index in [2.05, 4.69) is 15.3 Å². The molecule has 0 aliphatic carbocycles. The van der Waals surface area contributed by atoms with Gasteiger partial charge in [0, 0.05) is 17.3 Å². The molecule has 3 N–H and O–H groups in total. The van der Waals surface area contributed by atoms with Crippen LogP contribution >= 0.6 is 11.6 Å². The summed E-state index contributed by atoms with van der Waals surface area (Å²) in [5, 5.41) is 3.60. The summed E-state index contributed by atoms with van der Waals surface area (Å²) in [6.07, 6.45) is 0. The maximum absolute atomic E-state index is 6.14. The third-order valence-electron chi connectivity index (χ3n) is 3.54. The molecule has 0 spiro atoms. The summed E-state index contributed by atoms with van der Waals surface area (Å²) in [5.74, 6) is 2.12. The van der Waals surface area contributed by atoms with Gasteiger partial charge in [0.05, 0.1) is 24.9 Å². The molecule has 0 atom stereocenters. The Bertz CT molecular complexity index is 885. The van der Waals surface area contributed by atoms with E-state index in [-0.39, 0.29) is 0 Å². The quantitative estimate of drug-likeness (QED) is 0.715. The van der Waals surface area contributed by atoms with E-state index in [1.54, 1.807) is 32.4 Å². The van der Waals surface area contributed by atoms with E-state index in [0.717, 1.165) is 17.0 Å². The Morgan fingerprint density at radius 1 is 0.960 bits per heavy atom. The minimum Gasteiger partial charge on any atom is -0.497 e. The summed E-state index contributed by atoms with van der Waals surface area (Å²) >= 11 is 6.14. The second-order valence-corrected chi connectivity index (χ2v) is 5.61. The molecule has 1 aromatic heterocycles. The van der Waals surface area contributed by atoms with Gasteiger partial charge in [-0.05, 0) is 42.5 Å². The van der Waals surface area contributed by atoms with Crippen LogP contribution in [0.25, 0.3) is 11.3 Å². The zero-order chi connectivity index (χ0) is 17.8. The molecule has 0 amide bonds. The lowest BCUT2D eigenvalue weighted by Gasteiger charge is -2.10. The molecule has 0 saturated carbocycles. The van der Waals surface area contributed by atoms with Crippen LogP contribution in [-0.2, 0) is 0 Å². The molecule has 0 aliphatic rings. The molecule has 6 nitrogen and oxygen atoms in total. The maximum atomic E-state index is 6.14. The minimum absolute atomic E-state index is 0.364. The number of nitrogens with one attached hydrogen (secondary N) is 1. The predicted octanol–water partition coefficient (Wildman–Crippen LogP) is 4.14. The first kappa shape index (κ1) is 16.9. The van der Waals surface area contributed by atoms with Crippen LogP contribution in [0.5, 0.6) is 11.5 Å². The van der Waals surface area contributed by atoms with Gasteiger partial charge in [0.1, 0.15) is 17.3 Å². The molecular weight excluding hydrogens is 340 g/mol. The largest absolute Gasteiger partial charge is 0.497 e. The van der Waals surface area contributed by atoms with Gasteiger partial charge in [-0.1, -0.05) is 11.6 Å². The standard InChI is InChI=1S/C18H17ClN4O2/c1-24-13-6-3-11(4-7-13)15-10-17(20)23-18(22-15)21-12-5-8-16(25-2)14(19)9-12/h3-10H,1-2H3,(H3,20,21,22,23). The lowest BCUT2D eigenvalue weighted by Crippen LogP contribution is -2.02. The molecule has 25 heavy (non-hydrogen) atoms.